The van der Waals surface area contributed by atoms with Crippen LogP contribution in [0.1, 0.15) is 12.0 Å². The molecule has 0 atom stereocenters. The van der Waals surface area contributed by atoms with E-state index in [2.05, 4.69) is 5.32 Å². The second-order valence-electron chi connectivity index (χ2n) is 6.19. The molecule has 0 fully saturated rings. The molecule has 0 saturated carbocycles. The number of anilines is 1. The zero-order valence-corrected chi connectivity index (χ0v) is 16.8. The highest BCUT2D eigenvalue weighted by molar-refractivity contribution is 7.90. The molecular formula is C18H22N2O5S2. The Hall–Kier alpha value is -2.23. The summed E-state index contributed by atoms with van der Waals surface area (Å²) in [6.45, 7) is 0. The van der Waals surface area contributed by atoms with Crippen LogP contribution in [0.5, 0.6) is 0 Å². The Labute approximate surface area is 160 Å². The number of hydrogen-bond donors (Lipinski definition) is 1. The molecule has 0 saturated heterocycles. The second-order valence-corrected chi connectivity index (χ2v) is 10.5. The molecule has 27 heavy (non-hydrogen) atoms. The smallest absolute Gasteiger partial charge is 0.242 e. The second kappa shape index (κ2) is 8.64. The average molecular weight is 411 g/mol. The fraction of sp³-hybridized carbons (Fsp3) is 0.278. The van der Waals surface area contributed by atoms with Crippen molar-refractivity contribution in [3.05, 3.63) is 60.2 Å². The Balaban J connectivity index is 2.01. The number of sulfonamides is 1. The fourth-order valence-electron chi connectivity index (χ4n) is 2.33. The monoisotopic (exact) mass is 410 g/mol. The number of sulfone groups is 1. The molecule has 2 aromatic carbocycles. The van der Waals surface area contributed by atoms with E-state index in [-0.39, 0.29) is 22.8 Å². The van der Waals surface area contributed by atoms with Crippen molar-refractivity contribution in [3.63, 3.8) is 0 Å². The van der Waals surface area contributed by atoms with Gasteiger partial charge in [-0.3, -0.25) is 4.79 Å². The van der Waals surface area contributed by atoms with Gasteiger partial charge < -0.3 is 5.32 Å². The van der Waals surface area contributed by atoms with Crippen LogP contribution < -0.4 is 5.32 Å². The number of carbonyl (C=O) groups is 1. The van der Waals surface area contributed by atoms with Gasteiger partial charge in [-0.1, -0.05) is 30.3 Å². The molecule has 0 spiro atoms. The number of para-hydroxylation sites is 1. The number of nitrogens with zero attached hydrogens (tertiary/aromatic N) is 1. The molecule has 0 aliphatic carbocycles. The summed E-state index contributed by atoms with van der Waals surface area (Å²) in [5.74, 6) is -1.05. The van der Waals surface area contributed by atoms with E-state index in [4.69, 9.17) is 0 Å². The van der Waals surface area contributed by atoms with Crippen LogP contribution in [-0.4, -0.2) is 46.9 Å². The zero-order chi connectivity index (χ0) is 20.1. The van der Waals surface area contributed by atoms with Crippen molar-refractivity contribution in [2.75, 3.05) is 25.2 Å². The Morgan fingerprint density at radius 3 is 2.26 bits per heavy atom. The average Bonchev–Trinajstić information content (AvgIpc) is 2.61. The standard InChI is InChI=1S/C18H22N2O5S2/c1-20(2)27(24,25)17-10-6-7-15(13-17)14-26(22,23)12-11-18(21)19-16-8-4-3-5-9-16/h3-10,13H,11-12,14H2,1-2H3,(H,19,21). The molecule has 9 heteroatoms. The van der Waals surface area contributed by atoms with Crippen molar-refractivity contribution in [2.24, 2.45) is 0 Å². The van der Waals surface area contributed by atoms with Gasteiger partial charge in [0.2, 0.25) is 15.9 Å². The van der Waals surface area contributed by atoms with Crippen LogP contribution in [0.15, 0.2) is 59.5 Å². The number of nitrogens with one attached hydrogen (secondary N) is 1. The summed E-state index contributed by atoms with van der Waals surface area (Å²) in [5, 5.41) is 2.63. The normalized spacial score (nSPS) is 12.1. The lowest BCUT2D eigenvalue weighted by Crippen LogP contribution is -2.22. The molecule has 1 amide bonds. The summed E-state index contributed by atoms with van der Waals surface area (Å²) in [4.78, 5) is 11.9. The minimum Gasteiger partial charge on any atom is -0.326 e. The van der Waals surface area contributed by atoms with Crippen LogP contribution in [0.3, 0.4) is 0 Å². The molecule has 146 valence electrons. The van der Waals surface area contributed by atoms with E-state index >= 15 is 0 Å². The van der Waals surface area contributed by atoms with Gasteiger partial charge in [0.25, 0.3) is 0 Å². The molecule has 0 aromatic heterocycles. The molecule has 0 radical (unpaired) electrons. The molecule has 1 N–H and O–H groups in total. The molecule has 0 unspecified atom stereocenters. The topological polar surface area (TPSA) is 101 Å². The van der Waals surface area contributed by atoms with E-state index in [1.54, 1.807) is 30.3 Å². The Morgan fingerprint density at radius 1 is 0.963 bits per heavy atom. The largest absolute Gasteiger partial charge is 0.326 e. The van der Waals surface area contributed by atoms with Crippen LogP contribution in [0, 0.1) is 0 Å². The van der Waals surface area contributed by atoms with Gasteiger partial charge >= 0.3 is 0 Å². The minimum absolute atomic E-state index is 0.0296. The van der Waals surface area contributed by atoms with Crippen molar-refractivity contribution < 1.29 is 21.6 Å². The fourth-order valence-corrected chi connectivity index (χ4v) is 4.63. The van der Waals surface area contributed by atoms with Crippen LogP contribution in [0.4, 0.5) is 5.69 Å². The summed E-state index contributed by atoms with van der Waals surface area (Å²) in [6, 6.07) is 14.6. The molecule has 2 rings (SSSR count). The predicted molar refractivity (Wildman–Crippen MR) is 104 cm³/mol. The maximum absolute atomic E-state index is 12.3. The van der Waals surface area contributed by atoms with Crippen molar-refractivity contribution in [1.29, 1.82) is 0 Å². The highest BCUT2D eigenvalue weighted by Gasteiger charge is 2.19. The molecule has 7 nitrogen and oxygen atoms in total. The molecule has 0 aliphatic rings. The van der Waals surface area contributed by atoms with E-state index < -0.39 is 25.8 Å². The third-order valence-electron chi connectivity index (χ3n) is 3.76. The van der Waals surface area contributed by atoms with E-state index in [1.807, 2.05) is 6.07 Å². The summed E-state index contributed by atoms with van der Waals surface area (Å²) >= 11 is 0. The lowest BCUT2D eigenvalue weighted by Gasteiger charge is -2.12. The van der Waals surface area contributed by atoms with Gasteiger partial charge in [-0.15, -0.1) is 0 Å². The first-order valence-corrected chi connectivity index (χ1v) is 11.4. The van der Waals surface area contributed by atoms with Gasteiger partial charge in [0, 0.05) is 26.2 Å². The molecule has 0 aliphatic heterocycles. The maximum atomic E-state index is 12.3. The van der Waals surface area contributed by atoms with Gasteiger partial charge in [-0.2, -0.15) is 0 Å². The lowest BCUT2D eigenvalue weighted by atomic mass is 10.2. The summed E-state index contributed by atoms with van der Waals surface area (Å²) in [6.07, 6.45) is -0.174. The summed E-state index contributed by atoms with van der Waals surface area (Å²) < 4.78 is 50.0. The zero-order valence-electron chi connectivity index (χ0n) is 15.1. The van der Waals surface area contributed by atoms with E-state index in [1.165, 1.54) is 32.3 Å². The van der Waals surface area contributed by atoms with E-state index in [9.17, 15) is 21.6 Å². The molecule has 2 aromatic rings. The van der Waals surface area contributed by atoms with Crippen molar-refractivity contribution >= 4 is 31.5 Å². The number of hydrogen-bond acceptors (Lipinski definition) is 5. The van der Waals surface area contributed by atoms with Gasteiger partial charge in [0.1, 0.15) is 0 Å². The highest BCUT2D eigenvalue weighted by atomic mass is 32.2. The maximum Gasteiger partial charge on any atom is 0.242 e. The van der Waals surface area contributed by atoms with Crippen LogP contribution >= 0.6 is 0 Å². The van der Waals surface area contributed by atoms with Crippen LogP contribution in [0.25, 0.3) is 0 Å². The minimum atomic E-state index is -3.64. The van der Waals surface area contributed by atoms with Crippen LogP contribution in [-0.2, 0) is 30.4 Å². The van der Waals surface area contributed by atoms with Crippen molar-refractivity contribution in [1.82, 2.24) is 4.31 Å². The number of benzene rings is 2. The van der Waals surface area contributed by atoms with Crippen LogP contribution in [0.2, 0.25) is 0 Å². The Morgan fingerprint density at radius 2 is 1.63 bits per heavy atom. The lowest BCUT2D eigenvalue weighted by molar-refractivity contribution is -0.115. The van der Waals surface area contributed by atoms with E-state index in [0.717, 1.165) is 4.31 Å². The number of carbonyl (C=O) groups excluding carboxylic acids is 1. The van der Waals surface area contributed by atoms with Crippen molar-refractivity contribution in [3.8, 4) is 0 Å². The molecule has 0 bridgehead atoms. The summed E-state index contributed by atoms with van der Waals surface area (Å²) in [5.41, 5.74) is 0.961. The SMILES string of the molecule is CN(C)S(=O)(=O)c1cccc(CS(=O)(=O)CCC(=O)Nc2ccccc2)c1. The predicted octanol–water partition coefficient (Wildman–Crippen LogP) is 1.88. The molecular weight excluding hydrogens is 388 g/mol. The van der Waals surface area contributed by atoms with Gasteiger partial charge in [-0.05, 0) is 29.8 Å². The van der Waals surface area contributed by atoms with Gasteiger partial charge in [0.15, 0.2) is 9.84 Å². The molecule has 0 heterocycles. The first-order valence-electron chi connectivity index (χ1n) is 8.17. The third-order valence-corrected chi connectivity index (χ3v) is 7.17. The van der Waals surface area contributed by atoms with Gasteiger partial charge in [-0.25, -0.2) is 21.1 Å². The quantitative estimate of drug-likeness (QED) is 0.716. The Bertz CT molecular complexity index is 1000. The summed E-state index contributed by atoms with van der Waals surface area (Å²) in [7, 11) is -4.40. The first-order chi connectivity index (χ1) is 12.6. The number of rotatable bonds is 8. The van der Waals surface area contributed by atoms with Crippen molar-refractivity contribution in [2.45, 2.75) is 17.1 Å². The number of amides is 1. The Kier molecular flexibility index (Phi) is 6.74. The first kappa shape index (κ1) is 21.1. The van der Waals surface area contributed by atoms with E-state index in [0.29, 0.717) is 11.3 Å². The third kappa shape index (κ3) is 6.16. The van der Waals surface area contributed by atoms with Gasteiger partial charge in [0.05, 0.1) is 16.4 Å². The highest BCUT2D eigenvalue weighted by Crippen LogP contribution is 2.17.